The fourth-order valence-electron chi connectivity index (χ4n) is 13.4. The summed E-state index contributed by atoms with van der Waals surface area (Å²) in [4.78, 5) is 153. The second kappa shape index (κ2) is 53.7. The van der Waals surface area contributed by atoms with Gasteiger partial charge in [0.15, 0.2) is 0 Å². The standard InChI is InChI=1S/C37H38N2O8.C36H36N2O8.C35H34N2O8/c1-3-4-5-22-46-32-20-12-29(13-21-32)37(44)47-33-18-8-27(9-19-33)24-39(25-35(41)42)36(43)28-10-14-30(15-11-28)38-34(40)23-26-6-16-31(45-2)17-7-26;1-3-4-21-45-31-19-11-28(12-20-31)36(43)46-32-17-7-26(8-18-32)23-38(24-34(40)41)35(42)27-9-13-29(14-10-27)37-33(39)22-25-5-15-30(44-2)16-6-25;1-3-20-44-30-18-10-27(11-19-30)35(42)45-31-16-6-25(7-17-31)22-37(23-33(39)40)34(41)26-8-12-28(13-9-26)36-32(38)21-24-4-14-29(43-2)15-5-24/h6-21H,3-5,22-25H2,1-2H3,(H,38,40)(H,41,42);5-20H,3-4,21-24H2,1-2H3,(H,37,39)(H,40,41);4-19H,3,20-23H2,1-2H3,(H,36,38)(H,39,40). The Morgan fingerprint density at radius 2 is 0.471 bits per heavy atom. The number of ether oxygens (including phenoxy) is 9. The van der Waals surface area contributed by atoms with Crippen molar-refractivity contribution in [2.45, 2.75) is 98.2 Å². The largest absolute Gasteiger partial charge is 0.497 e. The Morgan fingerprint density at radius 1 is 0.246 bits per heavy atom. The number of carboxylic acid groups (broad SMARTS) is 3. The number of methoxy groups -OCH3 is 3. The molecule has 138 heavy (non-hydrogen) atoms. The normalized spacial score (nSPS) is 10.5. The van der Waals surface area contributed by atoms with E-state index in [1.54, 1.807) is 240 Å². The Balaban J connectivity index is 0.000000214. The molecule has 0 aliphatic rings. The number of anilines is 3. The maximum Gasteiger partial charge on any atom is 0.343 e. The van der Waals surface area contributed by atoms with Crippen molar-refractivity contribution in [3.05, 3.63) is 358 Å². The number of carbonyl (C=O) groups is 12. The second-order valence-electron chi connectivity index (χ2n) is 31.4. The van der Waals surface area contributed by atoms with Crippen molar-refractivity contribution in [3.8, 4) is 51.7 Å². The molecule has 12 aromatic rings. The molecule has 6 N–H and O–H groups in total. The molecule has 0 aromatic heterocycles. The lowest BCUT2D eigenvalue weighted by atomic mass is 10.1. The van der Waals surface area contributed by atoms with Gasteiger partial charge in [-0.3, -0.25) is 43.2 Å². The van der Waals surface area contributed by atoms with Crippen molar-refractivity contribution in [1.82, 2.24) is 14.7 Å². The zero-order chi connectivity index (χ0) is 98.7. The molecule has 12 rings (SSSR count). The highest BCUT2D eigenvalue weighted by molar-refractivity contribution is 6.01. The van der Waals surface area contributed by atoms with Crippen LogP contribution >= 0.6 is 0 Å². The lowest BCUT2D eigenvalue weighted by molar-refractivity contribution is -0.138. The molecule has 0 aliphatic carbocycles. The van der Waals surface area contributed by atoms with Crippen molar-refractivity contribution in [3.63, 3.8) is 0 Å². The summed E-state index contributed by atoms with van der Waals surface area (Å²) in [6, 6.07) is 79.9. The number of hydrogen-bond acceptors (Lipinski definition) is 21. The van der Waals surface area contributed by atoms with Gasteiger partial charge in [0.05, 0.1) is 77.1 Å². The van der Waals surface area contributed by atoms with Gasteiger partial charge >= 0.3 is 35.8 Å². The van der Waals surface area contributed by atoms with Crippen LogP contribution < -0.4 is 58.6 Å². The number of rotatable bonds is 45. The molecule has 0 spiro atoms. The summed E-state index contributed by atoms with van der Waals surface area (Å²) in [5, 5.41) is 36.8. The van der Waals surface area contributed by atoms with Gasteiger partial charge in [-0.25, -0.2) is 14.4 Å². The van der Waals surface area contributed by atoms with Crippen LogP contribution in [0, 0.1) is 0 Å². The van der Waals surface area contributed by atoms with Crippen LogP contribution in [0.3, 0.4) is 0 Å². The summed E-state index contributed by atoms with van der Waals surface area (Å²) in [7, 11) is 4.71. The Kier molecular flexibility index (Phi) is 40.1. The molecular formula is C108H108N6O24. The first-order valence-electron chi connectivity index (χ1n) is 44.4. The molecule has 0 bridgehead atoms. The van der Waals surface area contributed by atoms with Gasteiger partial charge in [-0.05, 0) is 271 Å². The monoisotopic (exact) mass is 1870 g/mol. The third kappa shape index (κ3) is 34.3. The van der Waals surface area contributed by atoms with Crippen LogP contribution in [0.5, 0.6) is 51.7 Å². The lowest BCUT2D eigenvalue weighted by Gasteiger charge is -2.21. The van der Waals surface area contributed by atoms with Crippen molar-refractivity contribution >= 4 is 88.3 Å². The molecular weight excluding hydrogens is 1770 g/mol. The van der Waals surface area contributed by atoms with Crippen LogP contribution in [0.4, 0.5) is 17.1 Å². The van der Waals surface area contributed by atoms with E-state index in [0.29, 0.717) is 122 Å². The van der Waals surface area contributed by atoms with Crippen LogP contribution in [0.15, 0.2) is 291 Å². The van der Waals surface area contributed by atoms with Crippen molar-refractivity contribution < 1.29 is 115 Å². The van der Waals surface area contributed by atoms with E-state index in [-0.39, 0.29) is 73.3 Å². The number of unbranched alkanes of at least 4 members (excludes halogenated alkanes) is 3. The SMILES string of the molecule is CCCCCOc1ccc(C(=O)Oc2ccc(CN(CC(=O)O)C(=O)c3ccc(NC(=O)Cc4ccc(OC)cc4)cc3)cc2)cc1.CCCCOc1ccc(C(=O)Oc2ccc(CN(CC(=O)O)C(=O)c3ccc(NC(=O)Cc4ccc(OC)cc4)cc3)cc2)cc1.CCCOc1ccc(C(=O)Oc2ccc(CN(CC(=O)O)C(=O)c3ccc(NC(=O)Cc4ccc(OC)cc4)cc3)cc2)cc1. The first-order chi connectivity index (χ1) is 66.7. The molecule has 12 aromatic carbocycles. The molecule has 0 atom stereocenters. The summed E-state index contributed by atoms with van der Waals surface area (Å²) in [6.07, 6.45) is 6.52. The van der Waals surface area contributed by atoms with E-state index in [1.807, 2.05) is 43.3 Å². The minimum absolute atomic E-state index is 0.0128. The van der Waals surface area contributed by atoms with Gasteiger partial charge in [0.1, 0.15) is 71.4 Å². The third-order valence-electron chi connectivity index (χ3n) is 20.7. The van der Waals surface area contributed by atoms with E-state index >= 15 is 0 Å². The first kappa shape index (κ1) is 103. The molecule has 0 saturated carbocycles. The molecule has 0 saturated heterocycles. The number of carboxylic acids is 3. The van der Waals surface area contributed by atoms with Crippen molar-refractivity contribution in [2.24, 2.45) is 0 Å². The van der Waals surface area contributed by atoms with Gasteiger partial charge < -0.3 is 88.6 Å². The van der Waals surface area contributed by atoms with E-state index in [0.717, 1.165) is 55.2 Å². The predicted octanol–water partition coefficient (Wildman–Crippen LogP) is 18.0. The highest BCUT2D eigenvalue weighted by atomic mass is 16.5. The molecule has 0 heterocycles. The molecule has 0 unspecified atom stereocenters. The smallest absolute Gasteiger partial charge is 0.343 e. The number of carbonyl (C=O) groups excluding carboxylic acids is 9. The van der Waals surface area contributed by atoms with Gasteiger partial charge in [-0.1, -0.05) is 113 Å². The molecule has 0 fully saturated rings. The number of hydrogen-bond donors (Lipinski definition) is 6. The van der Waals surface area contributed by atoms with E-state index in [2.05, 4.69) is 29.8 Å². The molecule has 0 radical (unpaired) electrons. The fraction of sp³-hybridized carbons (Fsp3) is 0.222. The van der Waals surface area contributed by atoms with Crippen LogP contribution in [-0.2, 0) is 67.7 Å². The number of nitrogens with one attached hydrogen (secondary N) is 3. The van der Waals surface area contributed by atoms with Crippen molar-refractivity contribution in [2.75, 3.05) is 76.7 Å². The zero-order valence-electron chi connectivity index (χ0n) is 77.2. The summed E-state index contributed by atoms with van der Waals surface area (Å²) in [6.45, 7) is 6.52. The van der Waals surface area contributed by atoms with E-state index in [4.69, 9.17) is 42.6 Å². The summed E-state index contributed by atoms with van der Waals surface area (Å²) < 4.78 is 48.6. The van der Waals surface area contributed by atoms with E-state index in [9.17, 15) is 72.9 Å². The minimum atomic E-state index is -1.16. The number of benzene rings is 12. The highest BCUT2D eigenvalue weighted by Gasteiger charge is 2.25. The van der Waals surface area contributed by atoms with Gasteiger partial charge in [-0.2, -0.15) is 0 Å². The van der Waals surface area contributed by atoms with E-state index < -0.39 is 73.2 Å². The molecule has 30 nitrogen and oxygen atoms in total. The quantitative estimate of drug-likeness (QED) is 0.0117. The highest BCUT2D eigenvalue weighted by Crippen LogP contribution is 2.27. The third-order valence-corrected chi connectivity index (χ3v) is 20.7. The lowest BCUT2D eigenvalue weighted by Crippen LogP contribution is -2.35. The Labute approximate surface area is 798 Å². The fourth-order valence-corrected chi connectivity index (χ4v) is 13.4. The summed E-state index contributed by atoms with van der Waals surface area (Å²) in [5.74, 6) is -2.19. The maximum atomic E-state index is 13.3. The Morgan fingerprint density at radius 3 is 0.710 bits per heavy atom. The average molecular weight is 1870 g/mol. The van der Waals surface area contributed by atoms with Crippen LogP contribution in [0.1, 0.15) is 155 Å². The average Bonchev–Trinajstić information content (AvgIpc) is 0.839. The number of amides is 6. The molecule has 30 heteroatoms. The van der Waals surface area contributed by atoms with Gasteiger partial charge in [0, 0.05) is 53.4 Å². The van der Waals surface area contributed by atoms with Gasteiger partial charge in [0.25, 0.3) is 17.7 Å². The van der Waals surface area contributed by atoms with Gasteiger partial charge in [0.2, 0.25) is 17.7 Å². The van der Waals surface area contributed by atoms with Crippen LogP contribution in [-0.4, -0.2) is 162 Å². The topological polar surface area (TPSA) is 394 Å². The maximum absolute atomic E-state index is 13.3. The summed E-state index contributed by atoms with van der Waals surface area (Å²) in [5.41, 5.74) is 7.79. The number of nitrogens with zero attached hydrogens (tertiary/aromatic N) is 3. The van der Waals surface area contributed by atoms with Gasteiger partial charge in [-0.15, -0.1) is 0 Å². The molecule has 6 amide bonds. The van der Waals surface area contributed by atoms with E-state index in [1.165, 1.54) is 51.1 Å². The molecule has 714 valence electrons. The number of aliphatic carboxylic acids is 3. The van der Waals surface area contributed by atoms with Crippen LogP contribution in [0.25, 0.3) is 0 Å². The summed E-state index contributed by atoms with van der Waals surface area (Å²) >= 11 is 0. The molecule has 0 aliphatic heterocycles. The van der Waals surface area contributed by atoms with Crippen molar-refractivity contribution in [1.29, 1.82) is 0 Å². The number of esters is 3. The van der Waals surface area contributed by atoms with Crippen LogP contribution in [0.2, 0.25) is 0 Å². The second-order valence-corrected chi connectivity index (χ2v) is 31.4. The predicted molar refractivity (Wildman–Crippen MR) is 517 cm³/mol. The Hall–Kier alpha value is -16.9. The first-order valence-corrected chi connectivity index (χ1v) is 44.4. The Bertz CT molecular complexity index is 6030. The minimum Gasteiger partial charge on any atom is -0.497 e. The zero-order valence-corrected chi connectivity index (χ0v) is 77.2.